The van der Waals surface area contributed by atoms with Gasteiger partial charge in [0.1, 0.15) is 17.5 Å². The highest BCUT2D eigenvalue weighted by atomic mass is 19.1. The monoisotopic (exact) mass is 390 g/mol. The van der Waals surface area contributed by atoms with Crippen LogP contribution in [0.2, 0.25) is 0 Å². The van der Waals surface area contributed by atoms with Crippen molar-refractivity contribution in [2.75, 3.05) is 0 Å². The van der Waals surface area contributed by atoms with Gasteiger partial charge in [0, 0.05) is 17.2 Å². The fraction of sp³-hybridized carbons (Fsp3) is 0.0769. The Balaban J connectivity index is 0.000000166. The SMILES string of the molecule is Cc1ccccc1-c1ccc(F)cc1F.Cc1ccccc1-c1ccccc1F. The number of aryl methyl sites for hydroxylation is 2. The van der Waals surface area contributed by atoms with E-state index < -0.39 is 11.6 Å². The van der Waals surface area contributed by atoms with E-state index in [9.17, 15) is 13.2 Å². The second-order valence-corrected chi connectivity index (χ2v) is 6.73. The Labute approximate surface area is 169 Å². The van der Waals surface area contributed by atoms with Gasteiger partial charge in [-0.2, -0.15) is 0 Å². The molecular formula is C26H21F3. The van der Waals surface area contributed by atoms with Crippen molar-refractivity contribution in [3.05, 3.63) is 120 Å². The summed E-state index contributed by atoms with van der Waals surface area (Å²) in [5.41, 5.74) is 4.95. The van der Waals surface area contributed by atoms with Crippen LogP contribution in [0.1, 0.15) is 11.1 Å². The average Bonchev–Trinajstić information content (AvgIpc) is 2.71. The lowest BCUT2D eigenvalue weighted by atomic mass is 10.0. The maximum atomic E-state index is 13.5. The van der Waals surface area contributed by atoms with E-state index in [-0.39, 0.29) is 5.82 Å². The van der Waals surface area contributed by atoms with Crippen LogP contribution in [0.25, 0.3) is 22.3 Å². The molecule has 0 saturated heterocycles. The minimum Gasteiger partial charge on any atom is -0.207 e. The first-order valence-corrected chi connectivity index (χ1v) is 9.29. The molecular weight excluding hydrogens is 369 g/mol. The smallest absolute Gasteiger partial charge is 0.133 e. The fourth-order valence-electron chi connectivity index (χ4n) is 3.14. The number of hydrogen-bond acceptors (Lipinski definition) is 0. The van der Waals surface area contributed by atoms with Gasteiger partial charge >= 0.3 is 0 Å². The van der Waals surface area contributed by atoms with Crippen LogP contribution in [0.3, 0.4) is 0 Å². The molecule has 4 aromatic rings. The number of benzene rings is 4. The second kappa shape index (κ2) is 9.24. The highest BCUT2D eigenvalue weighted by Crippen LogP contribution is 2.26. The van der Waals surface area contributed by atoms with Gasteiger partial charge in [0.2, 0.25) is 0 Å². The second-order valence-electron chi connectivity index (χ2n) is 6.73. The van der Waals surface area contributed by atoms with Crippen molar-refractivity contribution in [1.82, 2.24) is 0 Å². The van der Waals surface area contributed by atoms with Gasteiger partial charge in [-0.25, -0.2) is 13.2 Å². The minimum absolute atomic E-state index is 0.165. The molecule has 0 aromatic heterocycles. The first-order valence-electron chi connectivity index (χ1n) is 9.29. The molecule has 0 bridgehead atoms. The van der Waals surface area contributed by atoms with Crippen molar-refractivity contribution >= 4 is 0 Å². The Bertz CT molecular complexity index is 1070. The topological polar surface area (TPSA) is 0 Å². The van der Waals surface area contributed by atoms with Crippen LogP contribution < -0.4 is 0 Å². The maximum absolute atomic E-state index is 13.5. The summed E-state index contributed by atoms with van der Waals surface area (Å²) >= 11 is 0. The molecule has 4 aromatic carbocycles. The Kier molecular flexibility index (Phi) is 6.50. The quantitative estimate of drug-likeness (QED) is 0.328. The Morgan fingerprint density at radius 1 is 0.448 bits per heavy atom. The summed E-state index contributed by atoms with van der Waals surface area (Å²) in [6, 6.07) is 25.8. The van der Waals surface area contributed by atoms with Gasteiger partial charge in [-0.05, 0) is 54.3 Å². The van der Waals surface area contributed by atoms with Gasteiger partial charge in [-0.15, -0.1) is 0 Å². The summed E-state index contributed by atoms with van der Waals surface area (Å²) in [6.45, 7) is 3.89. The molecule has 0 unspecified atom stereocenters. The molecule has 146 valence electrons. The average molecular weight is 390 g/mol. The van der Waals surface area contributed by atoms with Crippen molar-refractivity contribution in [2.45, 2.75) is 13.8 Å². The predicted octanol–water partition coefficient (Wildman–Crippen LogP) is 7.74. The first kappa shape index (κ1) is 20.4. The highest BCUT2D eigenvalue weighted by Gasteiger charge is 2.07. The third-order valence-corrected chi connectivity index (χ3v) is 4.68. The summed E-state index contributed by atoms with van der Waals surface area (Å²) in [6.07, 6.45) is 0. The van der Waals surface area contributed by atoms with Gasteiger partial charge in [-0.1, -0.05) is 66.7 Å². The van der Waals surface area contributed by atoms with E-state index in [0.29, 0.717) is 11.1 Å². The van der Waals surface area contributed by atoms with E-state index in [2.05, 4.69) is 0 Å². The molecule has 3 heteroatoms. The van der Waals surface area contributed by atoms with E-state index in [4.69, 9.17) is 0 Å². The van der Waals surface area contributed by atoms with Crippen LogP contribution in [0.15, 0.2) is 91.0 Å². The summed E-state index contributed by atoms with van der Waals surface area (Å²) in [7, 11) is 0. The van der Waals surface area contributed by atoms with Crippen LogP contribution >= 0.6 is 0 Å². The van der Waals surface area contributed by atoms with E-state index >= 15 is 0 Å². The van der Waals surface area contributed by atoms with Crippen LogP contribution in [0.5, 0.6) is 0 Å². The molecule has 0 aliphatic carbocycles. The largest absolute Gasteiger partial charge is 0.207 e. The molecule has 0 nitrogen and oxygen atoms in total. The molecule has 29 heavy (non-hydrogen) atoms. The number of rotatable bonds is 2. The lowest BCUT2D eigenvalue weighted by Crippen LogP contribution is -1.88. The van der Waals surface area contributed by atoms with E-state index in [0.717, 1.165) is 28.3 Å². The van der Waals surface area contributed by atoms with Gasteiger partial charge < -0.3 is 0 Å². The predicted molar refractivity (Wildman–Crippen MR) is 113 cm³/mol. The standard InChI is InChI=1S/C13H10F2.C13H11F/c1-9-4-2-3-5-11(9)12-7-6-10(14)8-13(12)15;1-10-6-2-3-7-11(10)12-8-4-5-9-13(12)14/h2-8H,1H3;2-9H,1H3. The van der Waals surface area contributed by atoms with Gasteiger partial charge in [0.15, 0.2) is 0 Å². The summed E-state index contributed by atoms with van der Waals surface area (Å²) in [5, 5.41) is 0. The fourth-order valence-corrected chi connectivity index (χ4v) is 3.14. The Morgan fingerprint density at radius 3 is 1.38 bits per heavy atom. The van der Waals surface area contributed by atoms with E-state index in [1.807, 2.05) is 68.4 Å². The molecule has 4 rings (SSSR count). The normalized spacial score (nSPS) is 10.2. The van der Waals surface area contributed by atoms with E-state index in [1.54, 1.807) is 12.1 Å². The molecule has 0 N–H and O–H groups in total. The van der Waals surface area contributed by atoms with Crippen molar-refractivity contribution in [3.63, 3.8) is 0 Å². The Morgan fingerprint density at radius 2 is 0.897 bits per heavy atom. The zero-order chi connectivity index (χ0) is 20.8. The minimum atomic E-state index is -0.551. The van der Waals surface area contributed by atoms with Gasteiger partial charge in [0.25, 0.3) is 0 Å². The molecule has 0 aliphatic heterocycles. The van der Waals surface area contributed by atoms with Crippen LogP contribution in [0, 0.1) is 31.3 Å². The molecule has 0 fully saturated rings. The third-order valence-electron chi connectivity index (χ3n) is 4.68. The van der Waals surface area contributed by atoms with Crippen molar-refractivity contribution in [2.24, 2.45) is 0 Å². The van der Waals surface area contributed by atoms with Crippen molar-refractivity contribution < 1.29 is 13.2 Å². The Hall–Kier alpha value is -3.33. The highest BCUT2D eigenvalue weighted by molar-refractivity contribution is 5.68. The first-order chi connectivity index (χ1) is 14.0. The van der Waals surface area contributed by atoms with E-state index in [1.165, 1.54) is 18.2 Å². The molecule has 0 amide bonds. The van der Waals surface area contributed by atoms with Crippen molar-refractivity contribution in [1.29, 1.82) is 0 Å². The molecule has 0 saturated carbocycles. The summed E-state index contributed by atoms with van der Waals surface area (Å²) < 4.78 is 39.7. The maximum Gasteiger partial charge on any atom is 0.133 e. The zero-order valence-electron chi connectivity index (χ0n) is 16.3. The van der Waals surface area contributed by atoms with Crippen LogP contribution in [-0.2, 0) is 0 Å². The third kappa shape index (κ3) is 4.94. The molecule has 0 atom stereocenters. The summed E-state index contributed by atoms with van der Waals surface area (Å²) in [5.74, 6) is -1.24. The van der Waals surface area contributed by atoms with Gasteiger partial charge in [0.05, 0.1) is 0 Å². The van der Waals surface area contributed by atoms with Crippen molar-refractivity contribution in [3.8, 4) is 22.3 Å². The zero-order valence-corrected chi connectivity index (χ0v) is 16.3. The number of halogens is 3. The molecule has 0 aliphatic rings. The lowest BCUT2D eigenvalue weighted by molar-refractivity contribution is 0.585. The molecule has 0 spiro atoms. The van der Waals surface area contributed by atoms with Crippen LogP contribution in [-0.4, -0.2) is 0 Å². The molecule has 0 heterocycles. The number of hydrogen-bond donors (Lipinski definition) is 0. The van der Waals surface area contributed by atoms with Gasteiger partial charge in [-0.3, -0.25) is 0 Å². The lowest BCUT2D eigenvalue weighted by Gasteiger charge is -2.06. The molecule has 0 radical (unpaired) electrons. The summed E-state index contributed by atoms with van der Waals surface area (Å²) in [4.78, 5) is 0. The van der Waals surface area contributed by atoms with Crippen LogP contribution in [0.4, 0.5) is 13.2 Å².